The molecule has 0 amide bonds. The van der Waals surface area contributed by atoms with Gasteiger partial charge < -0.3 is 25.4 Å². The van der Waals surface area contributed by atoms with Crippen LogP contribution in [-0.2, 0) is 9.53 Å². The van der Waals surface area contributed by atoms with E-state index >= 15 is 0 Å². The Morgan fingerprint density at radius 2 is 1.84 bits per heavy atom. The number of aromatic nitrogens is 3. The molecule has 3 N–H and O–H groups in total. The SMILES string of the molecule is CCOC(=O)[C@@H]1CC2(CCN(c3cc(O[C@H](c4ccc(-c5ccc6cccnc6c5)cc4)C(F)(F)F)nc(N)n3)CC2)CN1. The minimum Gasteiger partial charge on any atom is -0.465 e. The Morgan fingerprint density at radius 1 is 1.09 bits per heavy atom. The number of alkyl halides is 3. The molecule has 4 aromatic rings. The van der Waals surface area contributed by atoms with Gasteiger partial charge in [-0.2, -0.15) is 23.1 Å². The minimum absolute atomic E-state index is 0.0528. The molecule has 2 aliphatic rings. The molecular formula is C32H33F3N6O3. The number of rotatable bonds is 7. The summed E-state index contributed by atoms with van der Waals surface area (Å²) in [6.45, 7) is 4.02. The minimum atomic E-state index is -4.71. The van der Waals surface area contributed by atoms with Crippen molar-refractivity contribution in [2.24, 2.45) is 5.41 Å². The van der Waals surface area contributed by atoms with Crippen LogP contribution < -0.4 is 20.7 Å². The molecule has 44 heavy (non-hydrogen) atoms. The van der Waals surface area contributed by atoms with Crippen molar-refractivity contribution in [3.63, 3.8) is 0 Å². The number of nitrogens with zero attached hydrogens (tertiary/aromatic N) is 4. The zero-order chi connectivity index (χ0) is 30.9. The number of carbonyl (C=O) groups is 1. The quantitative estimate of drug-likeness (QED) is 0.264. The third-order valence-electron chi connectivity index (χ3n) is 8.47. The molecular weight excluding hydrogens is 573 g/mol. The molecule has 12 heteroatoms. The fraction of sp³-hybridized carbons (Fsp3) is 0.375. The number of ether oxygens (including phenoxy) is 2. The molecule has 2 saturated heterocycles. The van der Waals surface area contributed by atoms with Crippen LogP contribution in [0.1, 0.15) is 37.9 Å². The van der Waals surface area contributed by atoms with Gasteiger partial charge >= 0.3 is 12.1 Å². The van der Waals surface area contributed by atoms with E-state index in [0.717, 1.165) is 34.9 Å². The van der Waals surface area contributed by atoms with E-state index in [9.17, 15) is 18.0 Å². The average molecular weight is 607 g/mol. The number of piperidine rings is 1. The van der Waals surface area contributed by atoms with Crippen LogP contribution in [0.4, 0.5) is 24.9 Å². The van der Waals surface area contributed by atoms with Gasteiger partial charge in [-0.25, -0.2) is 0 Å². The van der Waals surface area contributed by atoms with E-state index in [1.807, 2.05) is 35.2 Å². The fourth-order valence-electron chi connectivity index (χ4n) is 6.11. The monoisotopic (exact) mass is 606 g/mol. The lowest BCUT2D eigenvalue weighted by Gasteiger charge is -2.39. The van der Waals surface area contributed by atoms with Crippen molar-refractivity contribution in [2.45, 2.75) is 44.5 Å². The van der Waals surface area contributed by atoms with Crippen LogP contribution in [0.25, 0.3) is 22.0 Å². The van der Waals surface area contributed by atoms with E-state index in [4.69, 9.17) is 15.2 Å². The maximum absolute atomic E-state index is 14.3. The predicted molar refractivity (Wildman–Crippen MR) is 160 cm³/mol. The number of anilines is 2. The second-order valence-corrected chi connectivity index (χ2v) is 11.4. The van der Waals surface area contributed by atoms with E-state index in [2.05, 4.69) is 20.3 Å². The van der Waals surface area contributed by atoms with Crippen LogP contribution in [0, 0.1) is 5.41 Å². The number of nitrogens with one attached hydrogen (secondary N) is 1. The largest absolute Gasteiger partial charge is 0.465 e. The standard InChI is InChI=1S/C32H33F3N6O3/c1-2-43-29(42)25-18-31(19-38-25)11-14-41(15-12-31)26-17-27(40-30(36)39-26)44-28(32(33,34)35)22-8-5-20(6-9-22)23-10-7-21-4-3-13-37-24(21)16-23/h3-10,13,16-17,25,28,38H,2,11-12,14-15,18-19H2,1H3,(H2,36,39,40)/t25-,28+/m0/s1. The highest BCUT2D eigenvalue weighted by molar-refractivity contribution is 5.84. The van der Waals surface area contributed by atoms with Crippen LogP contribution in [0.3, 0.4) is 0 Å². The highest BCUT2D eigenvalue weighted by Gasteiger charge is 2.45. The molecule has 0 bridgehead atoms. The Morgan fingerprint density at radius 3 is 2.57 bits per heavy atom. The van der Waals surface area contributed by atoms with Gasteiger partial charge in [0.1, 0.15) is 11.9 Å². The molecule has 6 rings (SSSR count). The van der Waals surface area contributed by atoms with Gasteiger partial charge in [-0.1, -0.05) is 42.5 Å². The van der Waals surface area contributed by atoms with Crippen molar-refractivity contribution in [3.8, 4) is 17.0 Å². The average Bonchev–Trinajstić information content (AvgIpc) is 3.43. The van der Waals surface area contributed by atoms with Crippen LogP contribution in [-0.4, -0.2) is 59.4 Å². The summed E-state index contributed by atoms with van der Waals surface area (Å²) in [6, 6.07) is 16.7. The Hall–Kier alpha value is -4.45. The topological polar surface area (TPSA) is 115 Å². The summed E-state index contributed by atoms with van der Waals surface area (Å²) < 4.78 is 53.5. The number of nitrogen functional groups attached to an aromatic ring is 1. The lowest BCUT2D eigenvalue weighted by atomic mass is 9.76. The summed E-state index contributed by atoms with van der Waals surface area (Å²) in [5.41, 5.74) is 8.21. The number of benzene rings is 2. The van der Waals surface area contributed by atoms with Gasteiger partial charge in [0, 0.05) is 42.8 Å². The summed E-state index contributed by atoms with van der Waals surface area (Å²) >= 11 is 0. The molecule has 2 aliphatic heterocycles. The highest BCUT2D eigenvalue weighted by atomic mass is 19.4. The Kier molecular flexibility index (Phi) is 8.02. The molecule has 0 unspecified atom stereocenters. The van der Waals surface area contributed by atoms with Crippen molar-refractivity contribution >= 4 is 28.6 Å². The maximum atomic E-state index is 14.3. The number of nitrogens with two attached hydrogens (primary N) is 1. The molecule has 2 aromatic carbocycles. The maximum Gasteiger partial charge on any atom is 0.429 e. The normalized spacial score (nSPS) is 18.8. The van der Waals surface area contributed by atoms with Gasteiger partial charge in [0.2, 0.25) is 17.9 Å². The Labute approximate surface area is 252 Å². The Bertz CT molecular complexity index is 1640. The Balaban J connectivity index is 1.16. The molecule has 0 saturated carbocycles. The van der Waals surface area contributed by atoms with Crippen LogP contribution >= 0.6 is 0 Å². The number of pyridine rings is 1. The molecule has 1 spiro atoms. The zero-order valence-electron chi connectivity index (χ0n) is 24.2. The zero-order valence-corrected chi connectivity index (χ0v) is 24.2. The summed E-state index contributed by atoms with van der Waals surface area (Å²) in [7, 11) is 0. The van der Waals surface area contributed by atoms with Gasteiger partial charge in [0.25, 0.3) is 0 Å². The second kappa shape index (κ2) is 11.9. The molecule has 2 aromatic heterocycles. The molecule has 230 valence electrons. The van der Waals surface area contributed by atoms with E-state index in [1.54, 1.807) is 25.3 Å². The van der Waals surface area contributed by atoms with Gasteiger partial charge in [-0.3, -0.25) is 9.78 Å². The van der Waals surface area contributed by atoms with Crippen molar-refractivity contribution in [2.75, 3.05) is 36.9 Å². The van der Waals surface area contributed by atoms with Crippen molar-refractivity contribution in [1.82, 2.24) is 20.3 Å². The van der Waals surface area contributed by atoms with E-state index in [-0.39, 0.29) is 34.8 Å². The third-order valence-corrected chi connectivity index (χ3v) is 8.47. The fourth-order valence-corrected chi connectivity index (χ4v) is 6.11. The van der Waals surface area contributed by atoms with Crippen LogP contribution in [0.5, 0.6) is 5.88 Å². The van der Waals surface area contributed by atoms with Crippen molar-refractivity contribution in [3.05, 3.63) is 72.4 Å². The molecule has 4 heterocycles. The number of esters is 1. The molecule has 2 fully saturated rings. The molecule has 9 nitrogen and oxygen atoms in total. The molecule has 0 radical (unpaired) electrons. The number of fused-ring (bicyclic) bond motifs is 1. The number of carbonyl (C=O) groups excluding carboxylic acids is 1. The smallest absolute Gasteiger partial charge is 0.429 e. The molecule has 0 aliphatic carbocycles. The predicted octanol–water partition coefficient (Wildman–Crippen LogP) is 5.47. The first-order chi connectivity index (χ1) is 21.1. The van der Waals surface area contributed by atoms with E-state index < -0.39 is 12.3 Å². The highest BCUT2D eigenvalue weighted by Crippen LogP contribution is 2.42. The van der Waals surface area contributed by atoms with Crippen molar-refractivity contribution in [1.29, 1.82) is 0 Å². The van der Waals surface area contributed by atoms with Crippen molar-refractivity contribution < 1.29 is 27.4 Å². The lowest BCUT2D eigenvalue weighted by Crippen LogP contribution is -2.41. The van der Waals surface area contributed by atoms with Gasteiger partial charge in [0.05, 0.1) is 12.1 Å². The molecule has 2 atom stereocenters. The first-order valence-corrected chi connectivity index (χ1v) is 14.6. The van der Waals surface area contributed by atoms with Gasteiger partial charge in [-0.05, 0) is 54.9 Å². The summed E-state index contributed by atoms with van der Waals surface area (Å²) in [6.07, 6.45) is -3.03. The van der Waals surface area contributed by atoms with Crippen LogP contribution in [0.2, 0.25) is 0 Å². The summed E-state index contributed by atoms with van der Waals surface area (Å²) in [4.78, 5) is 26.8. The number of halogens is 3. The van der Waals surface area contributed by atoms with Gasteiger partial charge in [0.15, 0.2) is 0 Å². The van der Waals surface area contributed by atoms with Crippen LogP contribution in [0.15, 0.2) is 66.9 Å². The summed E-state index contributed by atoms with van der Waals surface area (Å²) in [5, 5.41) is 4.25. The first-order valence-electron chi connectivity index (χ1n) is 14.6. The lowest BCUT2D eigenvalue weighted by molar-refractivity contribution is -0.198. The third kappa shape index (κ3) is 6.26. The summed E-state index contributed by atoms with van der Waals surface area (Å²) in [5.74, 6) is -0.276. The van der Waals surface area contributed by atoms with Gasteiger partial charge in [-0.15, -0.1) is 0 Å². The first kappa shape index (κ1) is 29.6. The second-order valence-electron chi connectivity index (χ2n) is 11.4. The van der Waals surface area contributed by atoms with E-state index in [1.165, 1.54) is 18.2 Å². The van der Waals surface area contributed by atoms with E-state index in [0.29, 0.717) is 38.5 Å². The number of hydrogen-bond acceptors (Lipinski definition) is 9. The number of hydrogen-bond donors (Lipinski definition) is 2.